The molecule has 1 aliphatic rings. The van der Waals surface area contributed by atoms with Gasteiger partial charge in [-0.15, -0.1) is 0 Å². The lowest BCUT2D eigenvalue weighted by atomic mass is 10.0. The summed E-state index contributed by atoms with van der Waals surface area (Å²) in [5.41, 5.74) is 2.44. The van der Waals surface area contributed by atoms with Crippen LogP contribution in [0, 0.1) is 6.92 Å². The zero-order valence-corrected chi connectivity index (χ0v) is 7.03. The molecule has 2 atom stereocenters. The molecule has 1 aromatic rings. The zero-order valence-electron chi connectivity index (χ0n) is 7.03. The Labute approximate surface area is 71.8 Å². The van der Waals surface area contributed by atoms with Gasteiger partial charge in [-0.25, -0.2) is 0 Å². The first-order valence-electron chi connectivity index (χ1n) is 4.15. The third-order valence-electron chi connectivity index (χ3n) is 2.26. The molecule has 1 heterocycles. The molecule has 2 unspecified atom stereocenters. The molecule has 0 spiro atoms. The number of aryl methyl sites for hydroxylation is 1. The highest BCUT2D eigenvalue weighted by atomic mass is 16.6. The molecule has 0 aromatic heterocycles. The van der Waals surface area contributed by atoms with Crippen molar-refractivity contribution in [3.05, 3.63) is 35.4 Å². The van der Waals surface area contributed by atoms with E-state index in [1.807, 2.05) is 12.1 Å². The van der Waals surface area contributed by atoms with Gasteiger partial charge in [0.1, 0.15) is 12.2 Å². The molecule has 0 saturated carbocycles. The van der Waals surface area contributed by atoms with Crippen molar-refractivity contribution in [3.8, 4) is 0 Å². The van der Waals surface area contributed by atoms with Gasteiger partial charge in [0.05, 0.1) is 6.61 Å². The molecule has 2 nitrogen and oxygen atoms in total. The first kappa shape index (κ1) is 7.77. The highest BCUT2D eigenvalue weighted by molar-refractivity contribution is 5.30. The average molecular weight is 164 g/mol. The average Bonchev–Trinajstić information content (AvgIpc) is 2.84. The minimum absolute atomic E-state index is 0.0334. The number of benzene rings is 1. The van der Waals surface area contributed by atoms with E-state index in [-0.39, 0.29) is 18.8 Å². The second-order valence-corrected chi connectivity index (χ2v) is 3.13. The molecule has 1 aromatic carbocycles. The van der Waals surface area contributed by atoms with Crippen molar-refractivity contribution in [2.45, 2.75) is 19.1 Å². The summed E-state index contributed by atoms with van der Waals surface area (Å²) in [7, 11) is 0. The summed E-state index contributed by atoms with van der Waals surface area (Å²) < 4.78 is 5.28. The van der Waals surface area contributed by atoms with Gasteiger partial charge >= 0.3 is 0 Å². The fraction of sp³-hybridized carbons (Fsp3) is 0.400. The van der Waals surface area contributed by atoms with Gasteiger partial charge in [0, 0.05) is 0 Å². The van der Waals surface area contributed by atoms with Crippen LogP contribution in [0.2, 0.25) is 0 Å². The predicted octanol–water partition coefficient (Wildman–Crippen LogP) is 1.43. The third-order valence-corrected chi connectivity index (χ3v) is 2.26. The van der Waals surface area contributed by atoms with Crippen LogP contribution in [-0.2, 0) is 4.74 Å². The summed E-state index contributed by atoms with van der Waals surface area (Å²) in [6.07, 6.45) is 0.169. The Morgan fingerprint density at radius 3 is 2.75 bits per heavy atom. The largest absolute Gasteiger partial charge is 0.394 e. The van der Waals surface area contributed by atoms with E-state index in [2.05, 4.69) is 19.1 Å². The van der Waals surface area contributed by atoms with E-state index in [1.54, 1.807) is 0 Å². The van der Waals surface area contributed by atoms with Crippen LogP contribution in [0.15, 0.2) is 24.3 Å². The Hall–Kier alpha value is -0.860. The topological polar surface area (TPSA) is 32.8 Å². The lowest BCUT2D eigenvalue weighted by Crippen LogP contribution is -1.95. The number of rotatable bonds is 2. The number of epoxide rings is 1. The lowest BCUT2D eigenvalue weighted by molar-refractivity contribution is 0.242. The van der Waals surface area contributed by atoms with Gasteiger partial charge in [0.2, 0.25) is 0 Å². The molecule has 2 heteroatoms. The molecule has 1 fully saturated rings. The first-order valence-corrected chi connectivity index (χ1v) is 4.15. The SMILES string of the molecule is Cc1ccccc1C1OC1CO. The number of hydrogen-bond acceptors (Lipinski definition) is 2. The standard InChI is InChI=1S/C10H12O2/c1-7-4-2-3-5-8(7)10-9(6-11)12-10/h2-5,9-11H,6H2,1H3. The van der Waals surface area contributed by atoms with Gasteiger partial charge in [-0.3, -0.25) is 0 Å². The Bertz CT molecular complexity index is 283. The van der Waals surface area contributed by atoms with E-state index in [0.29, 0.717) is 0 Å². The van der Waals surface area contributed by atoms with E-state index in [4.69, 9.17) is 9.84 Å². The van der Waals surface area contributed by atoms with E-state index in [1.165, 1.54) is 11.1 Å². The van der Waals surface area contributed by atoms with Gasteiger partial charge in [0.15, 0.2) is 0 Å². The highest BCUT2D eigenvalue weighted by Crippen LogP contribution is 2.39. The molecule has 2 rings (SSSR count). The molecule has 1 N–H and O–H groups in total. The van der Waals surface area contributed by atoms with Crippen LogP contribution in [0.1, 0.15) is 17.2 Å². The van der Waals surface area contributed by atoms with E-state index >= 15 is 0 Å². The Morgan fingerprint density at radius 2 is 2.17 bits per heavy atom. The summed E-state index contributed by atoms with van der Waals surface area (Å²) in [6.45, 7) is 2.18. The molecule has 0 radical (unpaired) electrons. The van der Waals surface area contributed by atoms with Gasteiger partial charge in [-0.2, -0.15) is 0 Å². The molecule has 0 amide bonds. The Balaban J connectivity index is 2.19. The van der Waals surface area contributed by atoms with Crippen LogP contribution >= 0.6 is 0 Å². The first-order chi connectivity index (χ1) is 5.83. The van der Waals surface area contributed by atoms with Crippen molar-refractivity contribution in [1.29, 1.82) is 0 Å². The zero-order chi connectivity index (χ0) is 8.55. The van der Waals surface area contributed by atoms with Crippen molar-refractivity contribution in [2.75, 3.05) is 6.61 Å². The number of aliphatic hydroxyl groups is 1. The van der Waals surface area contributed by atoms with Gasteiger partial charge in [-0.1, -0.05) is 24.3 Å². The number of ether oxygens (including phenoxy) is 1. The molecule has 12 heavy (non-hydrogen) atoms. The van der Waals surface area contributed by atoms with Crippen LogP contribution in [0.3, 0.4) is 0 Å². The highest BCUT2D eigenvalue weighted by Gasteiger charge is 2.39. The summed E-state index contributed by atoms with van der Waals surface area (Å²) in [5.74, 6) is 0. The lowest BCUT2D eigenvalue weighted by Gasteiger charge is -1.99. The molecule has 0 bridgehead atoms. The summed E-state index contributed by atoms with van der Waals surface area (Å²) in [4.78, 5) is 0. The van der Waals surface area contributed by atoms with E-state index in [0.717, 1.165) is 0 Å². The molecular formula is C10H12O2. The maximum absolute atomic E-state index is 8.80. The van der Waals surface area contributed by atoms with Crippen LogP contribution < -0.4 is 0 Å². The predicted molar refractivity (Wildman–Crippen MR) is 45.9 cm³/mol. The minimum atomic E-state index is 0.0334. The molecule has 1 aliphatic heterocycles. The van der Waals surface area contributed by atoms with Crippen LogP contribution in [-0.4, -0.2) is 17.8 Å². The molecule has 1 saturated heterocycles. The van der Waals surface area contributed by atoms with Crippen LogP contribution in [0.25, 0.3) is 0 Å². The van der Waals surface area contributed by atoms with E-state index in [9.17, 15) is 0 Å². The fourth-order valence-electron chi connectivity index (χ4n) is 1.46. The molecule has 64 valence electrons. The van der Waals surface area contributed by atoms with Crippen LogP contribution in [0.5, 0.6) is 0 Å². The van der Waals surface area contributed by atoms with Crippen molar-refractivity contribution in [2.24, 2.45) is 0 Å². The molecule has 0 aliphatic carbocycles. The summed E-state index contributed by atoms with van der Waals surface area (Å²) in [6, 6.07) is 8.12. The fourth-order valence-corrected chi connectivity index (χ4v) is 1.46. The van der Waals surface area contributed by atoms with E-state index < -0.39 is 0 Å². The van der Waals surface area contributed by atoms with Crippen molar-refractivity contribution < 1.29 is 9.84 Å². The van der Waals surface area contributed by atoms with Crippen molar-refractivity contribution >= 4 is 0 Å². The van der Waals surface area contributed by atoms with Gasteiger partial charge in [-0.05, 0) is 18.1 Å². The van der Waals surface area contributed by atoms with Crippen LogP contribution in [0.4, 0.5) is 0 Å². The minimum Gasteiger partial charge on any atom is -0.394 e. The smallest absolute Gasteiger partial charge is 0.112 e. The maximum Gasteiger partial charge on any atom is 0.112 e. The van der Waals surface area contributed by atoms with Crippen molar-refractivity contribution in [1.82, 2.24) is 0 Å². The summed E-state index contributed by atoms with van der Waals surface area (Å²) in [5, 5.41) is 8.80. The van der Waals surface area contributed by atoms with Gasteiger partial charge < -0.3 is 9.84 Å². The number of aliphatic hydroxyl groups excluding tert-OH is 1. The van der Waals surface area contributed by atoms with Gasteiger partial charge in [0.25, 0.3) is 0 Å². The number of hydrogen-bond donors (Lipinski definition) is 1. The van der Waals surface area contributed by atoms with Crippen molar-refractivity contribution in [3.63, 3.8) is 0 Å². The Kier molecular flexibility index (Phi) is 1.87. The second-order valence-electron chi connectivity index (χ2n) is 3.13. The second kappa shape index (κ2) is 2.88. The quantitative estimate of drug-likeness (QED) is 0.671. The molecular weight excluding hydrogens is 152 g/mol. The maximum atomic E-state index is 8.80. The third kappa shape index (κ3) is 1.24. The normalized spacial score (nSPS) is 27.2. The summed E-state index contributed by atoms with van der Waals surface area (Å²) >= 11 is 0. The Morgan fingerprint density at radius 1 is 1.42 bits per heavy atom. The monoisotopic (exact) mass is 164 g/mol.